The molecule has 0 saturated heterocycles. The van der Waals surface area contributed by atoms with Gasteiger partial charge in [-0.2, -0.15) is 0 Å². The summed E-state index contributed by atoms with van der Waals surface area (Å²) in [5.74, 6) is 1.20. The molecule has 0 saturated carbocycles. The third-order valence-corrected chi connectivity index (χ3v) is 5.41. The molecular weight excluding hydrogens is 214 g/mol. The second-order valence-electron chi connectivity index (χ2n) is 4.02. The Morgan fingerprint density at radius 2 is 1.94 bits per heavy atom. The van der Waals surface area contributed by atoms with Crippen molar-refractivity contribution in [3.8, 4) is 0 Å². The Morgan fingerprint density at radius 3 is 2.75 bits per heavy atom. The lowest BCUT2D eigenvalue weighted by molar-refractivity contribution is 1.46. The summed E-state index contributed by atoms with van der Waals surface area (Å²) in [5.41, 5.74) is 1.33. The predicted molar refractivity (Wildman–Crippen MR) is 74.6 cm³/mol. The summed E-state index contributed by atoms with van der Waals surface area (Å²) in [4.78, 5) is 2.90. The van der Waals surface area contributed by atoms with E-state index in [0.29, 0.717) is 10.5 Å². The standard InChI is InChI=1S/C14H15NS/c1-3-16-10(2)15-14-12-7-5-4-6-11(12)8-9-13(14)16/h4-9,15H,3H2,1-2H3. The molecule has 1 heterocycles. The van der Waals surface area contributed by atoms with Gasteiger partial charge in [-0.15, -0.1) is 10.5 Å². The quantitative estimate of drug-likeness (QED) is 0.727. The van der Waals surface area contributed by atoms with Crippen molar-refractivity contribution in [1.29, 1.82) is 0 Å². The number of rotatable bonds is 1. The van der Waals surface area contributed by atoms with Crippen LogP contribution >= 0.6 is 10.5 Å². The minimum absolute atomic E-state index is 0.296. The Morgan fingerprint density at radius 1 is 1.12 bits per heavy atom. The molecule has 1 N–H and O–H groups in total. The minimum Gasteiger partial charge on any atom is -0.353 e. The molecule has 1 nitrogen and oxygen atoms in total. The lowest BCUT2D eigenvalue weighted by Crippen LogP contribution is -2.01. The van der Waals surface area contributed by atoms with Crippen LogP contribution in [0.3, 0.4) is 0 Å². The van der Waals surface area contributed by atoms with Crippen molar-refractivity contribution in [3.05, 3.63) is 36.4 Å². The summed E-state index contributed by atoms with van der Waals surface area (Å²) in [7, 11) is 0.296. The third-order valence-electron chi connectivity index (χ3n) is 3.12. The molecule has 1 unspecified atom stereocenters. The lowest BCUT2D eigenvalue weighted by atomic mass is 10.1. The number of fused-ring (bicyclic) bond motifs is 3. The molecule has 0 bridgehead atoms. The Hall–Kier alpha value is -1.28. The van der Waals surface area contributed by atoms with Gasteiger partial charge in [-0.25, -0.2) is 0 Å². The van der Waals surface area contributed by atoms with Gasteiger partial charge in [0.2, 0.25) is 0 Å². The second-order valence-corrected chi connectivity index (χ2v) is 6.43. The van der Waals surface area contributed by atoms with Crippen molar-refractivity contribution in [2.75, 3.05) is 11.1 Å². The van der Waals surface area contributed by atoms with Crippen LogP contribution < -0.4 is 5.32 Å². The summed E-state index contributed by atoms with van der Waals surface area (Å²) >= 11 is 0. The van der Waals surface area contributed by atoms with Gasteiger partial charge in [-0.1, -0.05) is 37.3 Å². The molecule has 0 radical (unpaired) electrons. The highest BCUT2D eigenvalue weighted by atomic mass is 32.2. The molecule has 0 aliphatic carbocycles. The van der Waals surface area contributed by atoms with Crippen LogP contribution in [0.4, 0.5) is 5.69 Å². The summed E-state index contributed by atoms with van der Waals surface area (Å²) in [6.07, 6.45) is 0. The zero-order chi connectivity index (χ0) is 11.1. The van der Waals surface area contributed by atoms with E-state index in [1.807, 2.05) is 0 Å². The van der Waals surface area contributed by atoms with E-state index in [4.69, 9.17) is 0 Å². The van der Waals surface area contributed by atoms with E-state index in [1.54, 1.807) is 0 Å². The van der Waals surface area contributed by atoms with E-state index in [-0.39, 0.29) is 0 Å². The van der Waals surface area contributed by atoms with Crippen molar-refractivity contribution in [2.24, 2.45) is 0 Å². The van der Waals surface area contributed by atoms with Gasteiger partial charge in [-0.3, -0.25) is 0 Å². The van der Waals surface area contributed by atoms with Gasteiger partial charge >= 0.3 is 0 Å². The predicted octanol–water partition coefficient (Wildman–Crippen LogP) is 4.06. The third kappa shape index (κ3) is 1.30. The minimum atomic E-state index is 0.296. The molecule has 1 atom stereocenters. The molecule has 16 heavy (non-hydrogen) atoms. The molecule has 3 rings (SSSR count). The molecule has 1 aliphatic rings. The van der Waals surface area contributed by atoms with Crippen LogP contribution in [0.2, 0.25) is 0 Å². The number of hydrogen-bond donors (Lipinski definition) is 1. The van der Waals surface area contributed by atoms with Gasteiger partial charge in [-0.05, 0) is 24.1 Å². The van der Waals surface area contributed by atoms with E-state index in [0.717, 1.165) is 0 Å². The van der Waals surface area contributed by atoms with Crippen LogP contribution in [0, 0.1) is 0 Å². The molecule has 0 aromatic heterocycles. The van der Waals surface area contributed by atoms with Crippen LogP contribution in [-0.4, -0.2) is 10.7 Å². The SMILES string of the molecule is CCS1=C(C)Nc2c1ccc1ccccc21. The second kappa shape index (κ2) is 3.63. The fourth-order valence-corrected chi connectivity index (χ4v) is 4.30. The molecule has 2 aromatic rings. The van der Waals surface area contributed by atoms with Crippen LogP contribution in [-0.2, 0) is 0 Å². The Balaban J connectivity index is 2.31. The van der Waals surface area contributed by atoms with E-state index in [9.17, 15) is 0 Å². The van der Waals surface area contributed by atoms with Crippen LogP contribution in [0.1, 0.15) is 13.8 Å². The molecule has 2 heteroatoms. The first-order chi connectivity index (χ1) is 7.81. The van der Waals surface area contributed by atoms with Crippen molar-refractivity contribution in [2.45, 2.75) is 18.7 Å². The molecule has 0 amide bonds. The summed E-state index contributed by atoms with van der Waals surface area (Å²) in [6.45, 7) is 4.47. The molecular formula is C14H15NS. The van der Waals surface area contributed by atoms with E-state index in [2.05, 4.69) is 55.6 Å². The molecule has 82 valence electrons. The summed E-state index contributed by atoms with van der Waals surface area (Å²) in [6, 6.07) is 13.1. The maximum atomic E-state index is 3.57. The topological polar surface area (TPSA) is 12.0 Å². The monoisotopic (exact) mass is 229 g/mol. The van der Waals surface area contributed by atoms with Gasteiger partial charge in [0.1, 0.15) is 0 Å². The van der Waals surface area contributed by atoms with E-state index >= 15 is 0 Å². The van der Waals surface area contributed by atoms with Crippen molar-refractivity contribution in [1.82, 2.24) is 0 Å². The van der Waals surface area contributed by atoms with Gasteiger partial charge in [0.05, 0.1) is 5.69 Å². The Kier molecular flexibility index (Phi) is 2.25. The van der Waals surface area contributed by atoms with E-state index in [1.165, 1.54) is 32.1 Å². The van der Waals surface area contributed by atoms with Crippen molar-refractivity contribution >= 4 is 31.9 Å². The van der Waals surface area contributed by atoms with Crippen LogP contribution in [0.25, 0.3) is 10.8 Å². The normalized spacial score (nSPS) is 18.6. The number of hydrogen-bond acceptors (Lipinski definition) is 1. The fourth-order valence-electron chi connectivity index (χ4n) is 2.36. The van der Waals surface area contributed by atoms with Crippen molar-refractivity contribution < 1.29 is 0 Å². The zero-order valence-corrected chi connectivity index (χ0v) is 10.4. The van der Waals surface area contributed by atoms with E-state index < -0.39 is 0 Å². The highest BCUT2D eigenvalue weighted by Crippen LogP contribution is 2.43. The maximum Gasteiger partial charge on any atom is 0.0599 e. The zero-order valence-electron chi connectivity index (χ0n) is 9.58. The molecule has 2 aromatic carbocycles. The van der Waals surface area contributed by atoms with Gasteiger partial charge in [0.15, 0.2) is 0 Å². The fraction of sp³-hybridized carbons (Fsp3) is 0.214. The first kappa shape index (κ1) is 9.91. The Bertz CT molecular complexity index is 599. The van der Waals surface area contributed by atoms with Gasteiger partial charge < -0.3 is 5.32 Å². The average molecular weight is 229 g/mol. The highest BCUT2D eigenvalue weighted by Gasteiger charge is 2.17. The lowest BCUT2D eigenvalue weighted by Gasteiger charge is -2.07. The van der Waals surface area contributed by atoms with Crippen molar-refractivity contribution in [3.63, 3.8) is 0 Å². The average Bonchev–Trinajstić information content (AvgIpc) is 2.65. The number of anilines is 1. The number of benzene rings is 2. The summed E-state index contributed by atoms with van der Waals surface area (Å²) < 4.78 is 0. The largest absolute Gasteiger partial charge is 0.353 e. The molecule has 0 spiro atoms. The van der Waals surface area contributed by atoms with Gasteiger partial charge in [0.25, 0.3) is 0 Å². The first-order valence-corrected chi connectivity index (χ1v) is 7.04. The molecule has 0 fully saturated rings. The molecule has 1 aliphatic heterocycles. The highest BCUT2D eigenvalue weighted by molar-refractivity contribution is 8.16. The Labute approximate surface area is 98.4 Å². The first-order valence-electron chi connectivity index (χ1n) is 5.64. The van der Waals surface area contributed by atoms with Gasteiger partial charge in [0, 0.05) is 15.3 Å². The smallest absolute Gasteiger partial charge is 0.0599 e. The van der Waals surface area contributed by atoms with Crippen LogP contribution in [0.5, 0.6) is 0 Å². The number of nitrogens with one attached hydrogen (secondary N) is 1. The maximum absolute atomic E-state index is 3.57. The van der Waals surface area contributed by atoms with Crippen LogP contribution in [0.15, 0.2) is 41.3 Å². The summed E-state index contributed by atoms with van der Waals surface area (Å²) in [5, 5.41) is 6.24.